The molecule has 0 atom stereocenters. The van der Waals surface area contributed by atoms with Crippen molar-refractivity contribution < 1.29 is 9.47 Å². The largest absolute Gasteiger partial charge is 0.489 e. The van der Waals surface area contributed by atoms with Crippen LogP contribution in [0.25, 0.3) is 11.3 Å². The summed E-state index contributed by atoms with van der Waals surface area (Å²) in [5.74, 6) is 0.870. The van der Waals surface area contributed by atoms with Crippen LogP contribution in [0.2, 0.25) is 0 Å². The van der Waals surface area contributed by atoms with Crippen LogP contribution >= 0.6 is 12.4 Å². The van der Waals surface area contributed by atoms with Crippen LogP contribution in [0, 0.1) is 0 Å². The number of hydrogen-bond acceptors (Lipinski definition) is 4. The highest BCUT2D eigenvalue weighted by Gasteiger charge is 2.02. The summed E-state index contributed by atoms with van der Waals surface area (Å²) in [6, 6.07) is 20.4. The summed E-state index contributed by atoms with van der Waals surface area (Å²) in [5, 5.41) is 0. The van der Waals surface area contributed by atoms with Gasteiger partial charge in [-0.3, -0.25) is 4.98 Å². The molecule has 0 aliphatic rings. The van der Waals surface area contributed by atoms with Crippen molar-refractivity contribution in [2.45, 2.75) is 19.6 Å². The number of halogens is 1. The number of ether oxygens (including phenoxy) is 2. The van der Waals surface area contributed by atoms with Gasteiger partial charge in [-0.15, -0.1) is 12.4 Å². The fraction of sp³-hybridized carbons (Fsp3) is 0.227. The first kappa shape index (κ1) is 20.9. The fourth-order valence-corrected chi connectivity index (χ4v) is 2.63. The Bertz CT molecular complexity index is 803. The first-order valence-electron chi connectivity index (χ1n) is 8.73. The van der Waals surface area contributed by atoms with Crippen molar-refractivity contribution in [2.24, 2.45) is 5.73 Å². The summed E-state index contributed by atoms with van der Waals surface area (Å²) in [4.78, 5) is 4.45. The molecule has 1 heterocycles. The third-order valence-electron chi connectivity index (χ3n) is 4.23. The van der Waals surface area contributed by atoms with E-state index < -0.39 is 0 Å². The number of hydrogen-bond donors (Lipinski definition) is 1. The molecule has 0 amide bonds. The van der Waals surface area contributed by atoms with Crippen molar-refractivity contribution in [3.63, 3.8) is 0 Å². The van der Waals surface area contributed by atoms with E-state index in [9.17, 15) is 0 Å². The third-order valence-corrected chi connectivity index (χ3v) is 4.23. The van der Waals surface area contributed by atoms with E-state index in [1.165, 1.54) is 5.56 Å². The molecule has 0 radical (unpaired) electrons. The Balaban J connectivity index is 0.00000261. The molecule has 0 saturated carbocycles. The van der Waals surface area contributed by atoms with Gasteiger partial charge < -0.3 is 15.2 Å². The van der Waals surface area contributed by atoms with E-state index in [1.807, 2.05) is 30.5 Å². The molecular weight excluding hydrogens is 360 g/mol. The average molecular weight is 385 g/mol. The van der Waals surface area contributed by atoms with Crippen molar-refractivity contribution >= 4 is 12.4 Å². The number of rotatable bonds is 8. The highest BCUT2D eigenvalue weighted by molar-refractivity contribution is 5.85. The van der Waals surface area contributed by atoms with E-state index in [2.05, 4.69) is 41.4 Å². The molecule has 0 bridgehead atoms. The van der Waals surface area contributed by atoms with Crippen LogP contribution in [0.1, 0.15) is 16.7 Å². The smallest absolute Gasteiger partial charge is 0.119 e. The molecule has 3 rings (SSSR count). The second kappa shape index (κ2) is 10.7. The molecule has 0 saturated heterocycles. The van der Waals surface area contributed by atoms with Crippen LogP contribution in [0.5, 0.6) is 5.75 Å². The Morgan fingerprint density at radius 1 is 0.852 bits per heavy atom. The topological polar surface area (TPSA) is 57.4 Å². The molecule has 1 aromatic heterocycles. The summed E-state index contributed by atoms with van der Waals surface area (Å²) in [7, 11) is 1.72. The van der Waals surface area contributed by atoms with Gasteiger partial charge in [0.2, 0.25) is 0 Å². The van der Waals surface area contributed by atoms with Gasteiger partial charge in [0.25, 0.3) is 0 Å². The quantitative estimate of drug-likeness (QED) is 0.625. The number of nitrogens with two attached hydrogens (primary N) is 1. The van der Waals surface area contributed by atoms with Crippen LogP contribution in [0.4, 0.5) is 0 Å². The normalized spacial score (nSPS) is 10.3. The zero-order chi connectivity index (χ0) is 18.2. The highest BCUT2D eigenvalue weighted by atomic mass is 35.5. The lowest BCUT2D eigenvalue weighted by Crippen LogP contribution is -1.98. The maximum atomic E-state index is 5.87. The Labute approximate surface area is 166 Å². The standard InChI is InChI=1S/C22H24N2O2.ClH/c1-25-13-12-17-4-9-21(10-5-17)26-16-18-2-7-20(8-3-18)22-11-6-19(14-23)15-24-22;/h2-11,15H,12-14,16,23H2,1H3;1H. The molecule has 0 unspecified atom stereocenters. The predicted octanol–water partition coefficient (Wildman–Crippen LogP) is 4.40. The van der Waals surface area contributed by atoms with Gasteiger partial charge in [-0.25, -0.2) is 0 Å². The van der Waals surface area contributed by atoms with E-state index in [0.29, 0.717) is 13.2 Å². The summed E-state index contributed by atoms with van der Waals surface area (Å²) in [6.07, 6.45) is 2.74. The molecule has 2 N–H and O–H groups in total. The molecule has 3 aromatic rings. The molecule has 0 fully saturated rings. The molecule has 0 aliphatic heterocycles. The average Bonchev–Trinajstić information content (AvgIpc) is 2.72. The fourth-order valence-electron chi connectivity index (χ4n) is 2.63. The van der Waals surface area contributed by atoms with Crippen LogP contribution < -0.4 is 10.5 Å². The van der Waals surface area contributed by atoms with Crippen molar-refractivity contribution in [3.05, 3.63) is 83.6 Å². The first-order valence-corrected chi connectivity index (χ1v) is 8.73. The number of benzene rings is 2. The monoisotopic (exact) mass is 384 g/mol. The van der Waals surface area contributed by atoms with E-state index in [0.717, 1.165) is 41.2 Å². The van der Waals surface area contributed by atoms with Gasteiger partial charge in [-0.1, -0.05) is 42.5 Å². The second-order valence-corrected chi connectivity index (χ2v) is 6.13. The molecule has 5 heteroatoms. The lowest BCUT2D eigenvalue weighted by Gasteiger charge is -2.08. The first-order chi connectivity index (χ1) is 12.8. The van der Waals surface area contributed by atoms with Gasteiger partial charge in [0.15, 0.2) is 0 Å². The van der Waals surface area contributed by atoms with Crippen LogP contribution in [-0.2, 0) is 24.3 Å². The van der Waals surface area contributed by atoms with Crippen molar-refractivity contribution in [2.75, 3.05) is 13.7 Å². The molecule has 27 heavy (non-hydrogen) atoms. The number of methoxy groups -OCH3 is 1. The molecule has 0 aliphatic carbocycles. The van der Waals surface area contributed by atoms with Crippen molar-refractivity contribution in [1.82, 2.24) is 4.98 Å². The Hall–Kier alpha value is -2.40. The summed E-state index contributed by atoms with van der Waals surface area (Å²) in [6.45, 7) is 1.78. The van der Waals surface area contributed by atoms with Gasteiger partial charge in [0, 0.05) is 25.4 Å². The Morgan fingerprint density at radius 2 is 1.52 bits per heavy atom. The van der Waals surface area contributed by atoms with Gasteiger partial charge in [-0.05, 0) is 41.3 Å². The number of aromatic nitrogens is 1. The zero-order valence-corrected chi connectivity index (χ0v) is 16.2. The maximum absolute atomic E-state index is 5.87. The minimum absolute atomic E-state index is 0. The number of pyridine rings is 1. The summed E-state index contributed by atoms with van der Waals surface area (Å²) >= 11 is 0. The molecule has 4 nitrogen and oxygen atoms in total. The van der Waals surface area contributed by atoms with E-state index in [-0.39, 0.29) is 12.4 Å². The zero-order valence-electron chi connectivity index (χ0n) is 15.4. The van der Waals surface area contributed by atoms with Gasteiger partial charge in [-0.2, -0.15) is 0 Å². The van der Waals surface area contributed by atoms with Crippen molar-refractivity contribution in [3.8, 4) is 17.0 Å². The van der Waals surface area contributed by atoms with Gasteiger partial charge in [0.1, 0.15) is 12.4 Å². The Morgan fingerprint density at radius 3 is 2.11 bits per heavy atom. The van der Waals surface area contributed by atoms with E-state index >= 15 is 0 Å². The second-order valence-electron chi connectivity index (χ2n) is 6.13. The Kier molecular flexibility index (Phi) is 8.27. The summed E-state index contributed by atoms with van der Waals surface area (Å²) in [5.41, 5.74) is 11.0. The lowest BCUT2D eigenvalue weighted by molar-refractivity contribution is 0.202. The number of nitrogens with zero attached hydrogens (tertiary/aromatic N) is 1. The molecule has 2 aromatic carbocycles. The maximum Gasteiger partial charge on any atom is 0.119 e. The van der Waals surface area contributed by atoms with Crippen LogP contribution in [-0.4, -0.2) is 18.7 Å². The predicted molar refractivity (Wildman–Crippen MR) is 111 cm³/mol. The minimum Gasteiger partial charge on any atom is -0.489 e. The minimum atomic E-state index is 0. The molecule has 142 valence electrons. The lowest BCUT2D eigenvalue weighted by atomic mass is 10.1. The van der Waals surface area contributed by atoms with Crippen molar-refractivity contribution in [1.29, 1.82) is 0 Å². The highest BCUT2D eigenvalue weighted by Crippen LogP contribution is 2.19. The van der Waals surface area contributed by atoms with Gasteiger partial charge >= 0.3 is 0 Å². The SMILES string of the molecule is COCCc1ccc(OCc2ccc(-c3ccc(CN)cn3)cc2)cc1.Cl. The summed E-state index contributed by atoms with van der Waals surface area (Å²) < 4.78 is 11.0. The third kappa shape index (κ3) is 6.07. The van der Waals surface area contributed by atoms with Crippen LogP contribution in [0.15, 0.2) is 66.9 Å². The molecular formula is C22H25ClN2O2. The molecule has 0 spiro atoms. The van der Waals surface area contributed by atoms with E-state index in [4.69, 9.17) is 15.2 Å². The van der Waals surface area contributed by atoms with E-state index in [1.54, 1.807) is 7.11 Å². The van der Waals surface area contributed by atoms with Gasteiger partial charge in [0.05, 0.1) is 12.3 Å². The van der Waals surface area contributed by atoms with Crippen LogP contribution in [0.3, 0.4) is 0 Å².